The standard InChI is InChI=1S/C29H23ClN4O5/c1-39-24-4-2-3-20-23(36)11-22-26(27(20)24)17(12-30)13-34(22)29(38)21-15-33-14-18(7-10-25(33)32-21)31-28(37)16-5-8-19(35)9-6-16/h2-11,14-15,17,35-36H,12-13H2,1H3,(H,31,37). The van der Waals surface area contributed by atoms with Gasteiger partial charge >= 0.3 is 0 Å². The number of nitrogens with one attached hydrogen (secondary N) is 1. The van der Waals surface area contributed by atoms with E-state index in [-0.39, 0.29) is 40.8 Å². The number of aromatic hydroxyl groups is 2. The Kier molecular flexibility index (Phi) is 6.00. The number of rotatable bonds is 5. The molecule has 9 nitrogen and oxygen atoms in total. The maximum Gasteiger partial charge on any atom is 0.278 e. The normalized spacial score (nSPS) is 14.5. The summed E-state index contributed by atoms with van der Waals surface area (Å²) in [6, 6.07) is 16.3. The van der Waals surface area contributed by atoms with Gasteiger partial charge in [0.05, 0.1) is 18.5 Å². The average molecular weight is 543 g/mol. The average Bonchev–Trinajstić information content (AvgIpc) is 3.54. The predicted molar refractivity (Wildman–Crippen MR) is 149 cm³/mol. The number of alkyl halides is 1. The van der Waals surface area contributed by atoms with Gasteiger partial charge in [0.1, 0.15) is 28.6 Å². The van der Waals surface area contributed by atoms with Crippen LogP contribution < -0.4 is 15.0 Å². The maximum absolute atomic E-state index is 13.7. The van der Waals surface area contributed by atoms with Crippen LogP contribution in [0.3, 0.4) is 0 Å². The zero-order valence-electron chi connectivity index (χ0n) is 20.8. The van der Waals surface area contributed by atoms with Gasteiger partial charge in [-0.3, -0.25) is 9.59 Å². The van der Waals surface area contributed by atoms with Crippen LogP contribution in [0.4, 0.5) is 11.4 Å². The molecule has 2 aromatic heterocycles. The number of anilines is 2. The molecule has 0 saturated heterocycles. The highest BCUT2D eigenvalue weighted by Crippen LogP contribution is 2.48. The van der Waals surface area contributed by atoms with E-state index in [9.17, 15) is 19.8 Å². The highest BCUT2D eigenvalue weighted by Gasteiger charge is 2.36. The fourth-order valence-corrected chi connectivity index (χ4v) is 5.35. The number of hydrogen-bond acceptors (Lipinski definition) is 6. The summed E-state index contributed by atoms with van der Waals surface area (Å²) in [6.07, 6.45) is 3.27. The Morgan fingerprint density at radius 2 is 1.90 bits per heavy atom. The van der Waals surface area contributed by atoms with Crippen LogP contribution in [0.1, 0.15) is 32.3 Å². The van der Waals surface area contributed by atoms with Crippen molar-refractivity contribution in [2.45, 2.75) is 5.92 Å². The Balaban J connectivity index is 1.33. The number of methoxy groups -OCH3 is 1. The molecule has 0 spiro atoms. The first-order chi connectivity index (χ1) is 18.9. The lowest BCUT2D eigenvalue weighted by Crippen LogP contribution is -2.30. The molecule has 2 amide bonds. The molecule has 10 heteroatoms. The molecule has 0 aliphatic carbocycles. The van der Waals surface area contributed by atoms with Crippen LogP contribution in [0.25, 0.3) is 16.4 Å². The van der Waals surface area contributed by atoms with E-state index >= 15 is 0 Å². The van der Waals surface area contributed by atoms with E-state index in [4.69, 9.17) is 16.3 Å². The Labute approximate surface area is 227 Å². The number of hydrogen-bond donors (Lipinski definition) is 3. The molecule has 1 aliphatic rings. The van der Waals surface area contributed by atoms with Gasteiger partial charge in [-0.05, 0) is 48.0 Å². The molecular formula is C29H23ClN4O5. The predicted octanol–water partition coefficient (Wildman–Crippen LogP) is 5.14. The minimum Gasteiger partial charge on any atom is -0.508 e. The smallest absolute Gasteiger partial charge is 0.278 e. The van der Waals surface area contributed by atoms with E-state index < -0.39 is 0 Å². The summed E-state index contributed by atoms with van der Waals surface area (Å²) in [4.78, 5) is 32.4. The first kappa shape index (κ1) is 24.6. The van der Waals surface area contributed by atoms with Crippen LogP contribution in [-0.2, 0) is 0 Å². The number of fused-ring (bicyclic) bond motifs is 4. The van der Waals surface area contributed by atoms with Gasteiger partial charge in [-0.2, -0.15) is 0 Å². The number of halogens is 1. The second kappa shape index (κ2) is 9.52. The SMILES string of the molecule is COc1cccc2c(O)cc3c(c12)C(CCl)CN3C(=O)c1cn2cc(NC(=O)c3ccc(O)cc3)ccc2n1. The fraction of sp³-hybridized carbons (Fsp3) is 0.138. The second-order valence-electron chi connectivity index (χ2n) is 9.29. The molecular weight excluding hydrogens is 520 g/mol. The zero-order valence-corrected chi connectivity index (χ0v) is 21.5. The van der Waals surface area contributed by atoms with Crippen molar-refractivity contribution in [3.05, 3.63) is 89.9 Å². The van der Waals surface area contributed by atoms with Crippen LogP contribution in [-0.4, -0.2) is 50.9 Å². The molecule has 1 atom stereocenters. The molecule has 39 heavy (non-hydrogen) atoms. The van der Waals surface area contributed by atoms with Gasteiger partial charge in [-0.15, -0.1) is 11.6 Å². The molecule has 3 heterocycles. The van der Waals surface area contributed by atoms with Crippen molar-refractivity contribution in [2.24, 2.45) is 0 Å². The summed E-state index contributed by atoms with van der Waals surface area (Å²) in [5.74, 6) is 0.153. The van der Waals surface area contributed by atoms with Crippen molar-refractivity contribution in [1.29, 1.82) is 0 Å². The van der Waals surface area contributed by atoms with E-state index in [0.29, 0.717) is 40.3 Å². The maximum atomic E-state index is 13.7. The van der Waals surface area contributed by atoms with Gasteiger partial charge in [0.15, 0.2) is 0 Å². The summed E-state index contributed by atoms with van der Waals surface area (Å²) in [5.41, 5.74) is 3.05. The number of phenols is 2. The van der Waals surface area contributed by atoms with Gasteiger partial charge in [-0.1, -0.05) is 12.1 Å². The zero-order chi connectivity index (χ0) is 27.3. The van der Waals surface area contributed by atoms with E-state index in [0.717, 1.165) is 10.9 Å². The number of phenolic OH excluding ortho intramolecular Hbond substituents is 2. The molecule has 0 fully saturated rings. The number of imidazole rings is 1. The summed E-state index contributed by atoms with van der Waals surface area (Å²) in [6.45, 7) is 0.329. The lowest BCUT2D eigenvalue weighted by molar-refractivity contribution is 0.0982. The number of ether oxygens (including phenoxy) is 1. The van der Waals surface area contributed by atoms with Crippen molar-refractivity contribution in [3.8, 4) is 17.2 Å². The number of amides is 2. The van der Waals surface area contributed by atoms with Gasteiger partial charge in [0, 0.05) is 53.1 Å². The second-order valence-corrected chi connectivity index (χ2v) is 9.60. The Morgan fingerprint density at radius 3 is 2.64 bits per heavy atom. The first-order valence-corrected chi connectivity index (χ1v) is 12.7. The van der Waals surface area contributed by atoms with Crippen LogP contribution in [0.5, 0.6) is 17.2 Å². The molecule has 0 bridgehead atoms. The molecule has 0 radical (unpaired) electrons. The van der Waals surface area contributed by atoms with Gasteiger partial charge in [0.25, 0.3) is 11.8 Å². The molecule has 0 saturated carbocycles. The van der Waals surface area contributed by atoms with Gasteiger partial charge < -0.3 is 29.6 Å². The molecule has 1 aliphatic heterocycles. The van der Waals surface area contributed by atoms with Crippen LogP contribution in [0.15, 0.2) is 73.1 Å². The number of carbonyl (C=O) groups excluding carboxylic acids is 2. The van der Waals surface area contributed by atoms with Crippen LogP contribution in [0, 0.1) is 0 Å². The van der Waals surface area contributed by atoms with Crippen molar-refractivity contribution in [3.63, 3.8) is 0 Å². The number of aromatic nitrogens is 2. The third-order valence-corrected chi connectivity index (χ3v) is 7.30. The lowest BCUT2D eigenvalue weighted by atomic mass is 9.94. The fourth-order valence-electron chi connectivity index (χ4n) is 5.09. The van der Waals surface area contributed by atoms with Crippen LogP contribution in [0.2, 0.25) is 0 Å². The molecule has 3 aromatic carbocycles. The summed E-state index contributed by atoms with van der Waals surface area (Å²) in [7, 11) is 1.57. The number of pyridine rings is 1. The molecule has 5 aromatic rings. The number of carbonyl (C=O) groups is 2. The lowest BCUT2D eigenvalue weighted by Gasteiger charge is -2.17. The summed E-state index contributed by atoms with van der Waals surface area (Å²) in [5, 5.41) is 24.4. The van der Waals surface area contributed by atoms with Crippen molar-refractivity contribution >= 4 is 51.2 Å². The van der Waals surface area contributed by atoms with Crippen molar-refractivity contribution in [1.82, 2.24) is 9.38 Å². The molecule has 196 valence electrons. The third kappa shape index (κ3) is 4.17. The monoisotopic (exact) mass is 542 g/mol. The number of benzene rings is 3. The third-order valence-electron chi connectivity index (χ3n) is 6.93. The number of nitrogens with zero attached hydrogens (tertiary/aromatic N) is 3. The minimum atomic E-state index is -0.339. The van der Waals surface area contributed by atoms with Crippen molar-refractivity contribution in [2.75, 3.05) is 29.8 Å². The highest BCUT2D eigenvalue weighted by molar-refractivity contribution is 6.19. The van der Waals surface area contributed by atoms with Gasteiger partial charge in [-0.25, -0.2) is 4.98 Å². The molecule has 1 unspecified atom stereocenters. The molecule has 6 rings (SSSR count). The van der Waals surface area contributed by atoms with Crippen LogP contribution >= 0.6 is 11.6 Å². The summed E-state index contributed by atoms with van der Waals surface area (Å²) >= 11 is 6.35. The molecule has 3 N–H and O–H groups in total. The van der Waals surface area contributed by atoms with E-state index in [1.165, 1.54) is 24.3 Å². The quantitative estimate of drug-likeness (QED) is 0.265. The first-order valence-electron chi connectivity index (χ1n) is 12.2. The van der Waals surface area contributed by atoms with E-state index in [1.807, 2.05) is 12.1 Å². The topological polar surface area (TPSA) is 116 Å². The minimum absolute atomic E-state index is 0.0414. The van der Waals surface area contributed by atoms with Crippen molar-refractivity contribution < 1.29 is 24.5 Å². The Bertz CT molecular complexity index is 1770. The van der Waals surface area contributed by atoms with E-state index in [1.54, 1.807) is 53.1 Å². The highest BCUT2D eigenvalue weighted by atomic mass is 35.5. The van der Waals surface area contributed by atoms with Gasteiger partial charge in [0.2, 0.25) is 0 Å². The summed E-state index contributed by atoms with van der Waals surface area (Å²) < 4.78 is 7.24. The Hall–Kier alpha value is -4.76. The van der Waals surface area contributed by atoms with E-state index in [2.05, 4.69) is 10.3 Å². The largest absolute Gasteiger partial charge is 0.508 e. The Morgan fingerprint density at radius 1 is 1.10 bits per heavy atom.